The predicted octanol–water partition coefficient (Wildman–Crippen LogP) is 0.353. The molecule has 0 radical (unpaired) electrons. The first kappa shape index (κ1) is 20.5. The quantitative estimate of drug-likeness (QED) is 0.232. The molecular formula is C15H24O7. The lowest BCUT2D eigenvalue weighted by Gasteiger charge is -2.13. The summed E-state index contributed by atoms with van der Waals surface area (Å²) in [4.78, 5) is 22.3. The molecule has 0 heterocycles. The maximum Gasteiger partial charge on any atom is 0.333 e. The van der Waals surface area contributed by atoms with Crippen LogP contribution >= 0.6 is 0 Å². The van der Waals surface area contributed by atoms with Crippen LogP contribution in [-0.4, -0.2) is 60.8 Å². The second-order valence-corrected chi connectivity index (χ2v) is 4.83. The van der Waals surface area contributed by atoms with Crippen LogP contribution < -0.4 is 0 Å². The van der Waals surface area contributed by atoms with Crippen LogP contribution in [-0.2, 0) is 23.8 Å². The summed E-state index contributed by atoms with van der Waals surface area (Å²) >= 11 is 0. The minimum atomic E-state index is -1.51. The first-order chi connectivity index (χ1) is 10.3. The molecule has 0 spiro atoms. The third-order valence-electron chi connectivity index (χ3n) is 2.42. The monoisotopic (exact) mass is 316 g/mol. The lowest BCUT2D eigenvalue weighted by Crippen LogP contribution is -2.26. The topological polar surface area (TPSA) is 102 Å². The van der Waals surface area contributed by atoms with E-state index in [2.05, 4.69) is 13.2 Å². The number of carbonyl (C=O) groups is 2. The second kappa shape index (κ2) is 11.1. The van der Waals surface area contributed by atoms with Gasteiger partial charge >= 0.3 is 5.97 Å². The van der Waals surface area contributed by atoms with Gasteiger partial charge in [-0.2, -0.15) is 0 Å². The molecule has 0 aromatic rings. The zero-order valence-corrected chi connectivity index (χ0v) is 13.0. The smallest absolute Gasteiger partial charge is 0.333 e. The highest BCUT2D eigenvalue weighted by Crippen LogP contribution is 2.00. The third-order valence-corrected chi connectivity index (χ3v) is 2.42. The van der Waals surface area contributed by atoms with Crippen molar-refractivity contribution in [3.63, 3.8) is 0 Å². The second-order valence-electron chi connectivity index (χ2n) is 4.83. The maximum atomic E-state index is 11.2. The van der Waals surface area contributed by atoms with Gasteiger partial charge in [0, 0.05) is 12.2 Å². The van der Waals surface area contributed by atoms with E-state index in [9.17, 15) is 19.8 Å². The van der Waals surface area contributed by atoms with E-state index < -0.39 is 24.1 Å². The van der Waals surface area contributed by atoms with E-state index in [1.807, 2.05) is 0 Å². The van der Waals surface area contributed by atoms with Crippen molar-refractivity contribution >= 4 is 11.8 Å². The highest BCUT2D eigenvalue weighted by atomic mass is 16.6. The number of carbonyl (C=O) groups excluding carboxylic acids is 2. The van der Waals surface area contributed by atoms with Gasteiger partial charge in [-0.05, 0) is 25.8 Å². The van der Waals surface area contributed by atoms with Crippen molar-refractivity contribution in [3.8, 4) is 0 Å². The molecular weight excluding hydrogens is 292 g/mol. The van der Waals surface area contributed by atoms with Crippen molar-refractivity contribution in [1.82, 2.24) is 0 Å². The Morgan fingerprint density at radius 3 is 2.23 bits per heavy atom. The Balaban J connectivity index is 3.61. The van der Waals surface area contributed by atoms with E-state index in [0.717, 1.165) is 0 Å². The summed E-state index contributed by atoms with van der Waals surface area (Å²) in [7, 11) is 0. The molecule has 0 aliphatic rings. The standard InChI is InChI=1S/C15H24O7/c1-10(2)13(17)15(19)21-7-5-6-20-8-12(16)9-22-14(18)11(3)4/h12,15-16,19H,1,3,5-9H2,2,4H3. The predicted molar refractivity (Wildman–Crippen MR) is 79.0 cm³/mol. The van der Waals surface area contributed by atoms with Crippen molar-refractivity contribution in [1.29, 1.82) is 0 Å². The van der Waals surface area contributed by atoms with Crippen LogP contribution in [0.5, 0.6) is 0 Å². The van der Waals surface area contributed by atoms with Gasteiger partial charge in [0.1, 0.15) is 12.7 Å². The number of ether oxygens (including phenoxy) is 3. The molecule has 0 rings (SSSR count). The Labute approximate surface area is 130 Å². The molecule has 0 saturated carbocycles. The molecule has 126 valence electrons. The summed E-state index contributed by atoms with van der Waals surface area (Å²) in [5.41, 5.74) is 0.476. The average molecular weight is 316 g/mol. The van der Waals surface area contributed by atoms with Crippen molar-refractivity contribution in [2.75, 3.05) is 26.4 Å². The van der Waals surface area contributed by atoms with Crippen LogP contribution in [0.25, 0.3) is 0 Å². The molecule has 0 amide bonds. The first-order valence-electron chi connectivity index (χ1n) is 6.83. The number of hydrogen-bond donors (Lipinski definition) is 2. The molecule has 0 bridgehead atoms. The minimum absolute atomic E-state index is 0.00325. The fourth-order valence-electron chi connectivity index (χ4n) is 1.20. The van der Waals surface area contributed by atoms with Gasteiger partial charge in [-0.25, -0.2) is 4.79 Å². The minimum Gasteiger partial charge on any atom is -0.460 e. The van der Waals surface area contributed by atoms with Gasteiger partial charge in [0.05, 0.1) is 13.2 Å². The number of ketones is 1. The molecule has 22 heavy (non-hydrogen) atoms. The summed E-state index contributed by atoms with van der Waals surface area (Å²) in [5.74, 6) is -1.13. The summed E-state index contributed by atoms with van der Waals surface area (Å²) in [6.07, 6.45) is -2.01. The molecule has 0 aliphatic heterocycles. The molecule has 0 fully saturated rings. The molecule has 2 atom stereocenters. The number of hydrogen-bond acceptors (Lipinski definition) is 7. The summed E-state index contributed by atoms with van der Waals surface area (Å²) < 4.78 is 14.8. The van der Waals surface area contributed by atoms with Crippen LogP contribution in [0.1, 0.15) is 20.3 Å². The number of aliphatic hydroxyl groups excluding tert-OH is 2. The Morgan fingerprint density at radius 2 is 1.68 bits per heavy atom. The Hall–Kier alpha value is -1.54. The largest absolute Gasteiger partial charge is 0.460 e. The number of aliphatic hydroxyl groups is 2. The van der Waals surface area contributed by atoms with Gasteiger partial charge in [0.15, 0.2) is 0 Å². The lowest BCUT2D eigenvalue weighted by molar-refractivity contribution is -0.152. The fourth-order valence-corrected chi connectivity index (χ4v) is 1.20. The van der Waals surface area contributed by atoms with Crippen molar-refractivity contribution in [2.45, 2.75) is 32.7 Å². The summed E-state index contributed by atoms with van der Waals surface area (Å²) in [5, 5.41) is 18.8. The van der Waals surface area contributed by atoms with Crippen molar-refractivity contribution < 1.29 is 34.0 Å². The molecule has 7 heteroatoms. The van der Waals surface area contributed by atoms with Crippen LogP contribution in [0.3, 0.4) is 0 Å². The molecule has 0 aliphatic carbocycles. The number of esters is 1. The average Bonchev–Trinajstić information content (AvgIpc) is 2.46. The molecule has 7 nitrogen and oxygen atoms in total. The fraction of sp³-hybridized carbons (Fsp3) is 0.600. The highest BCUT2D eigenvalue weighted by molar-refractivity contribution is 5.96. The van der Waals surface area contributed by atoms with Crippen LogP contribution in [0.4, 0.5) is 0 Å². The molecule has 0 aromatic carbocycles. The first-order valence-corrected chi connectivity index (χ1v) is 6.83. The molecule has 0 aromatic heterocycles. The summed E-state index contributed by atoms with van der Waals surface area (Å²) in [6, 6.07) is 0. The number of Topliss-reactive ketones (excluding diaryl/α,β-unsaturated/α-hetero) is 1. The Morgan fingerprint density at radius 1 is 1.05 bits per heavy atom. The molecule has 0 saturated heterocycles. The van der Waals surface area contributed by atoms with Crippen LogP contribution in [0.2, 0.25) is 0 Å². The van der Waals surface area contributed by atoms with Gasteiger partial charge in [-0.15, -0.1) is 0 Å². The zero-order chi connectivity index (χ0) is 17.1. The Kier molecular flexibility index (Phi) is 10.3. The third kappa shape index (κ3) is 9.41. The van der Waals surface area contributed by atoms with Gasteiger partial charge in [0.2, 0.25) is 12.1 Å². The number of rotatable bonds is 12. The Bertz CT molecular complexity index is 403. The molecule has 2 unspecified atom stereocenters. The van der Waals surface area contributed by atoms with E-state index in [-0.39, 0.29) is 37.6 Å². The van der Waals surface area contributed by atoms with E-state index in [1.165, 1.54) is 13.8 Å². The van der Waals surface area contributed by atoms with Crippen molar-refractivity contribution in [3.05, 3.63) is 24.3 Å². The maximum absolute atomic E-state index is 11.2. The highest BCUT2D eigenvalue weighted by Gasteiger charge is 2.15. The van der Waals surface area contributed by atoms with Gasteiger partial charge < -0.3 is 24.4 Å². The zero-order valence-electron chi connectivity index (χ0n) is 13.0. The normalized spacial score (nSPS) is 13.3. The van der Waals surface area contributed by atoms with E-state index in [1.54, 1.807) is 0 Å². The molecule has 2 N–H and O–H groups in total. The van der Waals surface area contributed by atoms with Gasteiger partial charge in [0.25, 0.3) is 0 Å². The lowest BCUT2D eigenvalue weighted by atomic mass is 10.2. The van der Waals surface area contributed by atoms with Crippen LogP contribution in [0.15, 0.2) is 24.3 Å². The SMILES string of the molecule is C=C(C)C(=O)OCC(O)COCCCOC(O)C(=O)C(=C)C. The van der Waals surface area contributed by atoms with Gasteiger partial charge in [-0.3, -0.25) is 4.79 Å². The van der Waals surface area contributed by atoms with Crippen LogP contribution in [0, 0.1) is 0 Å². The van der Waals surface area contributed by atoms with E-state index in [4.69, 9.17) is 14.2 Å². The summed E-state index contributed by atoms with van der Waals surface area (Å²) in [6.45, 7) is 10.0. The van der Waals surface area contributed by atoms with Crippen molar-refractivity contribution in [2.24, 2.45) is 0 Å². The van der Waals surface area contributed by atoms with Gasteiger partial charge in [-0.1, -0.05) is 13.2 Å². The van der Waals surface area contributed by atoms with E-state index >= 15 is 0 Å². The van der Waals surface area contributed by atoms with E-state index in [0.29, 0.717) is 6.42 Å².